The first-order valence-electron chi connectivity index (χ1n) is 7.03. The molecule has 1 N–H and O–H groups in total. The maximum atomic E-state index is 12.1. The second-order valence-corrected chi connectivity index (χ2v) is 7.20. The minimum Gasteiger partial charge on any atom is -0.305 e. The van der Waals surface area contributed by atoms with Gasteiger partial charge >= 0.3 is 0 Å². The van der Waals surface area contributed by atoms with Gasteiger partial charge in [-0.3, -0.25) is 14.9 Å². The molecular formula is C16H24N2O3. The van der Waals surface area contributed by atoms with Crippen LogP contribution < -0.4 is 5.32 Å². The fraction of sp³-hybridized carbons (Fsp3) is 0.562. The SMILES string of the molecule is CC(C)(C)CC(C)(C)NCC(=O)c1ccc([N+](=O)[O-])cc1. The van der Waals surface area contributed by atoms with Crippen LogP contribution in [0.3, 0.4) is 0 Å². The highest BCUT2D eigenvalue weighted by Crippen LogP contribution is 2.26. The van der Waals surface area contributed by atoms with Gasteiger partial charge < -0.3 is 5.32 Å². The zero-order valence-electron chi connectivity index (χ0n) is 13.4. The van der Waals surface area contributed by atoms with Crippen molar-refractivity contribution in [2.24, 2.45) is 5.41 Å². The maximum Gasteiger partial charge on any atom is 0.269 e. The molecule has 0 spiro atoms. The van der Waals surface area contributed by atoms with Crippen LogP contribution in [0.2, 0.25) is 0 Å². The number of carbonyl (C=O) groups excluding carboxylic acids is 1. The lowest BCUT2D eigenvalue weighted by Crippen LogP contribution is -2.44. The van der Waals surface area contributed by atoms with Crippen LogP contribution in [0.25, 0.3) is 0 Å². The molecule has 1 aromatic rings. The first-order chi connectivity index (χ1) is 9.50. The van der Waals surface area contributed by atoms with Crippen molar-refractivity contribution >= 4 is 11.5 Å². The number of nitro groups is 1. The van der Waals surface area contributed by atoms with E-state index in [0.717, 1.165) is 6.42 Å². The largest absolute Gasteiger partial charge is 0.305 e. The highest BCUT2D eigenvalue weighted by molar-refractivity contribution is 5.97. The fourth-order valence-electron chi connectivity index (χ4n) is 2.58. The van der Waals surface area contributed by atoms with E-state index in [1.54, 1.807) is 0 Å². The molecule has 0 saturated heterocycles. The fourth-order valence-corrected chi connectivity index (χ4v) is 2.58. The van der Waals surface area contributed by atoms with Crippen molar-refractivity contribution in [3.8, 4) is 0 Å². The Labute approximate surface area is 125 Å². The Morgan fingerprint density at radius 3 is 2.10 bits per heavy atom. The first kappa shape index (κ1) is 17.3. The number of nitrogens with one attached hydrogen (secondary N) is 1. The lowest BCUT2D eigenvalue weighted by atomic mass is 9.82. The highest BCUT2D eigenvalue weighted by atomic mass is 16.6. The average molecular weight is 292 g/mol. The summed E-state index contributed by atoms with van der Waals surface area (Å²) < 4.78 is 0. The minimum atomic E-state index is -0.473. The van der Waals surface area contributed by atoms with Gasteiger partial charge in [-0.15, -0.1) is 0 Å². The van der Waals surface area contributed by atoms with E-state index in [1.807, 2.05) is 0 Å². The van der Waals surface area contributed by atoms with Crippen LogP contribution >= 0.6 is 0 Å². The Morgan fingerprint density at radius 2 is 1.67 bits per heavy atom. The molecule has 0 aliphatic heterocycles. The van der Waals surface area contributed by atoms with Crippen molar-refractivity contribution < 1.29 is 9.72 Å². The second kappa shape index (κ2) is 6.35. The van der Waals surface area contributed by atoms with Crippen LogP contribution in [0.1, 0.15) is 51.4 Å². The zero-order valence-corrected chi connectivity index (χ0v) is 13.4. The van der Waals surface area contributed by atoms with Crippen LogP contribution in [-0.2, 0) is 0 Å². The molecule has 0 amide bonds. The lowest BCUT2D eigenvalue weighted by Gasteiger charge is -2.33. The van der Waals surface area contributed by atoms with E-state index in [0.29, 0.717) is 5.56 Å². The summed E-state index contributed by atoms with van der Waals surface area (Å²) in [7, 11) is 0. The molecule has 0 saturated carbocycles. The van der Waals surface area contributed by atoms with Gasteiger partial charge in [0.1, 0.15) is 0 Å². The van der Waals surface area contributed by atoms with Gasteiger partial charge in [-0.05, 0) is 37.8 Å². The number of carbonyl (C=O) groups is 1. The Hall–Kier alpha value is -1.75. The van der Waals surface area contributed by atoms with E-state index < -0.39 is 4.92 Å². The summed E-state index contributed by atoms with van der Waals surface area (Å²) in [6.45, 7) is 10.8. The molecule has 0 radical (unpaired) electrons. The van der Waals surface area contributed by atoms with Gasteiger partial charge in [0.05, 0.1) is 11.5 Å². The maximum absolute atomic E-state index is 12.1. The Kier molecular flexibility index (Phi) is 5.23. The van der Waals surface area contributed by atoms with Crippen LogP contribution in [-0.4, -0.2) is 22.8 Å². The zero-order chi connectivity index (χ0) is 16.3. The number of benzene rings is 1. The van der Waals surface area contributed by atoms with E-state index in [-0.39, 0.29) is 29.0 Å². The lowest BCUT2D eigenvalue weighted by molar-refractivity contribution is -0.384. The summed E-state index contributed by atoms with van der Waals surface area (Å²) in [5.41, 5.74) is 0.508. The molecule has 0 aliphatic carbocycles. The standard InChI is InChI=1S/C16H24N2O3/c1-15(2,3)11-16(4,5)17-10-14(19)12-6-8-13(9-7-12)18(20)21/h6-9,17H,10-11H2,1-5H3. The van der Waals surface area contributed by atoms with Gasteiger partial charge in [-0.25, -0.2) is 0 Å². The number of non-ortho nitro benzene ring substituents is 1. The number of ketones is 1. The summed E-state index contributed by atoms with van der Waals surface area (Å²) in [6.07, 6.45) is 0.938. The summed E-state index contributed by atoms with van der Waals surface area (Å²) in [5, 5.41) is 13.8. The van der Waals surface area contributed by atoms with Gasteiger partial charge in [0.25, 0.3) is 5.69 Å². The Balaban J connectivity index is 2.63. The number of hydrogen-bond acceptors (Lipinski definition) is 4. The number of nitro benzene ring substituents is 1. The van der Waals surface area contributed by atoms with Crippen molar-refractivity contribution in [1.82, 2.24) is 5.32 Å². The third-order valence-electron chi connectivity index (χ3n) is 3.10. The van der Waals surface area contributed by atoms with Crippen molar-refractivity contribution in [2.45, 2.75) is 46.6 Å². The van der Waals surface area contributed by atoms with E-state index in [4.69, 9.17) is 0 Å². The highest BCUT2D eigenvalue weighted by Gasteiger charge is 2.25. The summed E-state index contributed by atoms with van der Waals surface area (Å²) in [6, 6.07) is 5.71. The first-order valence-corrected chi connectivity index (χ1v) is 7.03. The molecule has 0 aliphatic rings. The Bertz CT molecular complexity index is 513. The summed E-state index contributed by atoms with van der Waals surface area (Å²) in [5.74, 6) is -0.0631. The van der Waals surface area contributed by atoms with Gasteiger partial charge in [-0.1, -0.05) is 20.8 Å². The molecule has 1 aromatic carbocycles. The molecule has 116 valence electrons. The second-order valence-electron chi connectivity index (χ2n) is 7.20. The topological polar surface area (TPSA) is 72.2 Å². The third-order valence-corrected chi connectivity index (χ3v) is 3.10. The van der Waals surface area contributed by atoms with Crippen LogP contribution in [0, 0.1) is 15.5 Å². The van der Waals surface area contributed by atoms with Crippen molar-refractivity contribution in [2.75, 3.05) is 6.54 Å². The van der Waals surface area contributed by atoms with Crippen molar-refractivity contribution in [3.63, 3.8) is 0 Å². The molecule has 0 atom stereocenters. The van der Waals surface area contributed by atoms with Crippen molar-refractivity contribution in [3.05, 3.63) is 39.9 Å². The van der Waals surface area contributed by atoms with Gasteiger partial charge in [0.2, 0.25) is 0 Å². The van der Waals surface area contributed by atoms with Crippen LogP contribution in [0.5, 0.6) is 0 Å². The predicted octanol–water partition coefficient (Wildman–Crippen LogP) is 3.58. The molecule has 5 nitrogen and oxygen atoms in total. The molecule has 0 aromatic heterocycles. The molecule has 21 heavy (non-hydrogen) atoms. The van der Waals surface area contributed by atoms with E-state index >= 15 is 0 Å². The summed E-state index contributed by atoms with van der Waals surface area (Å²) in [4.78, 5) is 22.2. The third kappa shape index (κ3) is 6.04. The Morgan fingerprint density at radius 1 is 1.14 bits per heavy atom. The van der Waals surface area contributed by atoms with E-state index in [2.05, 4.69) is 39.9 Å². The molecule has 0 fully saturated rings. The van der Waals surface area contributed by atoms with E-state index in [9.17, 15) is 14.9 Å². The molecular weight excluding hydrogens is 268 g/mol. The molecule has 1 rings (SSSR count). The van der Waals surface area contributed by atoms with E-state index in [1.165, 1.54) is 24.3 Å². The van der Waals surface area contributed by atoms with Gasteiger partial charge in [-0.2, -0.15) is 0 Å². The number of hydrogen-bond donors (Lipinski definition) is 1. The quantitative estimate of drug-likeness (QED) is 0.494. The monoisotopic (exact) mass is 292 g/mol. The molecule has 5 heteroatoms. The van der Waals surface area contributed by atoms with Gasteiger partial charge in [0, 0.05) is 23.2 Å². The molecule has 0 bridgehead atoms. The molecule has 0 heterocycles. The normalized spacial score (nSPS) is 12.2. The molecule has 0 unspecified atom stereocenters. The van der Waals surface area contributed by atoms with Gasteiger partial charge in [0.15, 0.2) is 5.78 Å². The number of nitrogens with zero attached hydrogens (tertiary/aromatic N) is 1. The number of Topliss-reactive ketones (excluding diaryl/α,β-unsaturated/α-hetero) is 1. The number of rotatable bonds is 6. The van der Waals surface area contributed by atoms with Crippen LogP contribution in [0.4, 0.5) is 5.69 Å². The predicted molar refractivity (Wildman–Crippen MR) is 83.6 cm³/mol. The average Bonchev–Trinajstić information content (AvgIpc) is 2.33. The summed E-state index contributed by atoms with van der Waals surface area (Å²) >= 11 is 0. The van der Waals surface area contributed by atoms with Crippen LogP contribution in [0.15, 0.2) is 24.3 Å². The smallest absolute Gasteiger partial charge is 0.269 e. The van der Waals surface area contributed by atoms with Crippen molar-refractivity contribution in [1.29, 1.82) is 0 Å². The minimum absolute atomic E-state index is 0.00688.